The van der Waals surface area contributed by atoms with Gasteiger partial charge in [-0.05, 0) is 0 Å². The second-order valence-electron chi connectivity index (χ2n) is 4.44. The van der Waals surface area contributed by atoms with Crippen molar-refractivity contribution in [2.75, 3.05) is 6.61 Å². The Bertz CT molecular complexity index is 554. The molecule has 0 bridgehead atoms. The zero-order valence-corrected chi connectivity index (χ0v) is 13.2. The molecule has 0 radical (unpaired) electrons. The molecule has 5 heteroatoms. The first-order valence-electron chi connectivity index (χ1n) is 6.30. The number of hydrogen-bond acceptors (Lipinski definition) is 3. The van der Waals surface area contributed by atoms with Crippen molar-refractivity contribution >= 4 is 17.3 Å². The first-order valence-corrected chi connectivity index (χ1v) is 7.18. The molecule has 0 fully saturated rings. The molecule has 0 amide bonds. The van der Waals surface area contributed by atoms with Crippen molar-refractivity contribution < 1.29 is 26.5 Å². The molecule has 3 nitrogen and oxygen atoms in total. The Labute approximate surface area is 129 Å². The lowest BCUT2D eigenvalue weighted by atomic mass is 10.2. The molecule has 0 aliphatic carbocycles. The number of ether oxygens (including phenoxy) is 1. The number of rotatable bonds is 5. The van der Waals surface area contributed by atoms with Gasteiger partial charge in [0.05, 0.1) is 11.5 Å². The Kier molecular flexibility index (Phi) is 6.68. The quantitative estimate of drug-likeness (QED) is 0.551. The number of benzene rings is 1. The second-order valence-corrected chi connectivity index (χ2v) is 5.37. The molecule has 2 rings (SSSR count). The van der Waals surface area contributed by atoms with Crippen molar-refractivity contribution in [2.24, 2.45) is 0 Å². The Morgan fingerprint density at radius 1 is 1.30 bits per heavy atom. The van der Waals surface area contributed by atoms with E-state index in [1.54, 1.807) is 11.3 Å². The highest BCUT2D eigenvalue weighted by atomic mass is 35.5. The average Bonchev–Trinajstić information content (AvgIpc) is 2.72. The fourth-order valence-electron chi connectivity index (χ4n) is 1.92. The lowest BCUT2D eigenvalue weighted by Gasteiger charge is -2.00. The minimum Gasteiger partial charge on any atom is -1.00 e. The van der Waals surface area contributed by atoms with Crippen LogP contribution in [0, 0.1) is 6.92 Å². The first-order chi connectivity index (χ1) is 9.16. The molecule has 0 N–H and O–H groups in total. The zero-order chi connectivity index (χ0) is 13.7. The van der Waals surface area contributed by atoms with Crippen LogP contribution >= 0.6 is 11.3 Å². The van der Waals surface area contributed by atoms with E-state index in [0.717, 1.165) is 13.0 Å². The smallest absolute Gasteiger partial charge is 0.302 e. The maximum Gasteiger partial charge on any atom is 0.302 e. The maximum atomic E-state index is 10.7. The van der Waals surface area contributed by atoms with Gasteiger partial charge in [-0.2, -0.15) is 4.57 Å². The van der Waals surface area contributed by atoms with Crippen LogP contribution in [-0.4, -0.2) is 12.6 Å². The molecule has 1 aromatic heterocycles. The van der Waals surface area contributed by atoms with Gasteiger partial charge in [-0.1, -0.05) is 41.7 Å². The van der Waals surface area contributed by atoms with E-state index in [-0.39, 0.29) is 18.4 Å². The monoisotopic (exact) mass is 311 g/mol. The van der Waals surface area contributed by atoms with E-state index in [2.05, 4.69) is 41.3 Å². The van der Waals surface area contributed by atoms with Crippen molar-refractivity contribution in [1.29, 1.82) is 0 Å². The van der Waals surface area contributed by atoms with Gasteiger partial charge in [0.25, 0.3) is 0 Å². The molecule has 0 aliphatic heterocycles. The summed E-state index contributed by atoms with van der Waals surface area (Å²) in [6.45, 7) is 4.90. The predicted molar refractivity (Wildman–Crippen MR) is 75.1 cm³/mol. The van der Waals surface area contributed by atoms with Crippen LogP contribution in [0.25, 0.3) is 0 Å². The number of nitrogens with zero attached hydrogens (tertiary/aromatic N) is 1. The Morgan fingerprint density at radius 2 is 2.00 bits per heavy atom. The molecule has 0 spiro atoms. The fourth-order valence-corrected chi connectivity index (χ4v) is 2.89. The molecule has 108 valence electrons. The van der Waals surface area contributed by atoms with E-state index in [4.69, 9.17) is 4.74 Å². The SMILES string of the molecule is CC(=O)OCCc1sc[n+](Cc2ccccc2)c1C.[Cl-]. The highest BCUT2D eigenvalue weighted by Crippen LogP contribution is 2.12. The number of carbonyl (C=O) groups is 1. The Balaban J connectivity index is 0.00000200. The fraction of sp³-hybridized carbons (Fsp3) is 0.333. The third kappa shape index (κ3) is 4.62. The molecule has 1 heterocycles. The molecular formula is C15H18ClNO2S. The minimum absolute atomic E-state index is 0. The molecule has 0 saturated heterocycles. The Morgan fingerprint density at radius 3 is 2.65 bits per heavy atom. The van der Waals surface area contributed by atoms with E-state index in [1.807, 2.05) is 6.07 Å². The second kappa shape index (κ2) is 8.02. The molecule has 0 unspecified atom stereocenters. The summed E-state index contributed by atoms with van der Waals surface area (Å²) in [6, 6.07) is 10.4. The third-order valence-electron chi connectivity index (χ3n) is 2.99. The van der Waals surface area contributed by atoms with E-state index in [0.29, 0.717) is 6.61 Å². The van der Waals surface area contributed by atoms with Gasteiger partial charge in [0.1, 0.15) is 0 Å². The highest BCUT2D eigenvalue weighted by Gasteiger charge is 2.15. The van der Waals surface area contributed by atoms with Crippen molar-refractivity contribution in [3.05, 3.63) is 52.0 Å². The number of halogens is 1. The highest BCUT2D eigenvalue weighted by molar-refractivity contribution is 7.09. The molecular weight excluding hydrogens is 294 g/mol. The zero-order valence-electron chi connectivity index (χ0n) is 11.6. The summed E-state index contributed by atoms with van der Waals surface area (Å²) in [5, 5.41) is 0. The van der Waals surface area contributed by atoms with Gasteiger partial charge in [-0.25, -0.2) is 0 Å². The van der Waals surface area contributed by atoms with Crippen LogP contribution in [0.4, 0.5) is 0 Å². The number of hydrogen-bond donors (Lipinski definition) is 0. The molecule has 20 heavy (non-hydrogen) atoms. The van der Waals surface area contributed by atoms with E-state index in [1.165, 1.54) is 23.1 Å². The molecule has 1 aromatic carbocycles. The Hall–Kier alpha value is -1.39. The predicted octanol–water partition coefficient (Wildman–Crippen LogP) is -0.498. The van der Waals surface area contributed by atoms with Crippen LogP contribution in [0.2, 0.25) is 0 Å². The summed E-state index contributed by atoms with van der Waals surface area (Å²) in [7, 11) is 0. The van der Waals surface area contributed by atoms with Gasteiger partial charge in [0.15, 0.2) is 12.2 Å². The normalized spacial score (nSPS) is 9.90. The maximum absolute atomic E-state index is 10.7. The van der Waals surface area contributed by atoms with Crippen LogP contribution in [0.3, 0.4) is 0 Å². The van der Waals surface area contributed by atoms with Crippen molar-refractivity contribution in [2.45, 2.75) is 26.8 Å². The molecule has 2 aromatic rings. The third-order valence-corrected chi connectivity index (χ3v) is 4.13. The van der Waals surface area contributed by atoms with Gasteiger partial charge in [-0.15, -0.1) is 0 Å². The molecule has 0 aliphatic rings. The van der Waals surface area contributed by atoms with Crippen LogP contribution < -0.4 is 17.0 Å². The van der Waals surface area contributed by atoms with Crippen LogP contribution in [0.15, 0.2) is 35.8 Å². The number of aromatic nitrogens is 1. The minimum atomic E-state index is -0.216. The van der Waals surface area contributed by atoms with Gasteiger partial charge in [0, 0.05) is 25.8 Å². The number of carbonyl (C=O) groups excluding carboxylic acids is 1. The summed E-state index contributed by atoms with van der Waals surface area (Å²) in [4.78, 5) is 12.0. The van der Waals surface area contributed by atoms with Crippen molar-refractivity contribution in [3.63, 3.8) is 0 Å². The van der Waals surface area contributed by atoms with Crippen molar-refractivity contribution in [3.8, 4) is 0 Å². The largest absolute Gasteiger partial charge is 1.00 e. The first kappa shape index (κ1) is 16.7. The molecule has 0 atom stereocenters. The van der Waals surface area contributed by atoms with Crippen LogP contribution in [0.5, 0.6) is 0 Å². The average molecular weight is 312 g/mol. The van der Waals surface area contributed by atoms with Gasteiger partial charge in [0.2, 0.25) is 5.51 Å². The van der Waals surface area contributed by atoms with Crippen LogP contribution in [0.1, 0.15) is 23.1 Å². The van der Waals surface area contributed by atoms with Crippen LogP contribution in [-0.2, 0) is 22.5 Å². The lowest BCUT2D eigenvalue weighted by molar-refractivity contribution is -0.689. The topological polar surface area (TPSA) is 30.2 Å². The van der Waals surface area contributed by atoms with Crippen molar-refractivity contribution in [1.82, 2.24) is 0 Å². The van der Waals surface area contributed by atoms with Gasteiger partial charge < -0.3 is 17.1 Å². The standard InChI is InChI=1S/C15H18NO2S.ClH/c1-12-15(8-9-18-13(2)17)19-11-16(12)10-14-6-4-3-5-7-14;/h3-7,11H,8-10H2,1-2H3;1H/q+1;/p-1. The van der Waals surface area contributed by atoms with E-state index in [9.17, 15) is 4.79 Å². The van der Waals surface area contributed by atoms with E-state index >= 15 is 0 Å². The summed E-state index contributed by atoms with van der Waals surface area (Å²) < 4.78 is 7.23. The summed E-state index contributed by atoms with van der Waals surface area (Å²) >= 11 is 1.72. The molecule has 0 saturated carbocycles. The summed E-state index contributed by atoms with van der Waals surface area (Å²) in [6.07, 6.45) is 0.790. The van der Waals surface area contributed by atoms with Gasteiger partial charge >= 0.3 is 5.97 Å². The number of thiazole rings is 1. The number of esters is 1. The summed E-state index contributed by atoms with van der Waals surface area (Å²) in [5.41, 5.74) is 4.67. The summed E-state index contributed by atoms with van der Waals surface area (Å²) in [5.74, 6) is -0.216. The lowest BCUT2D eigenvalue weighted by Crippen LogP contribution is -3.00. The van der Waals surface area contributed by atoms with Gasteiger partial charge in [-0.3, -0.25) is 4.79 Å². The van der Waals surface area contributed by atoms with E-state index < -0.39 is 0 Å².